The first-order chi connectivity index (χ1) is 8.39. The second-order valence-corrected chi connectivity index (χ2v) is 4.38. The number of halogens is 1. The highest BCUT2D eigenvalue weighted by Crippen LogP contribution is 2.18. The van der Waals surface area contributed by atoms with E-state index in [4.69, 9.17) is 4.74 Å². The quantitative estimate of drug-likeness (QED) is 0.842. The highest BCUT2D eigenvalue weighted by Gasteiger charge is 2.19. The van der Waals surface area contributed by atoms with Crippen LogP contribution in [0.4, 0.5) is 4.39 Å². The van der Waals surface area contributed by atoms with E-state index in [1.165, 1.54) is 25.3 Å². The molecule has 0 radical (unpaired) electrons. The fourth-order valence-corrected chi connectivity index (χ4v) is 1.30. The second-order valence-electron chi connectivity index (χ2n) is 4.38. The van der Waals surface area contributed by atoms with Gasteiger partial charge in [-0.3, -0.25) is 4.79 Å². The highest BCUT2D eigenvalue weighted by molar-refractivity contribution is 5.94. The number of nitrogens with one attached hydrogen (secondary N) is 1. The number of ether oxygens (including phenoxy) is 1. The second kappa shape index (κ2) is 5.82. The molecular formula is C13H18FNO3. The number of amides is 1. The molecule has 0 saturated heterocycles. The zero-order chi connectivity index (χ0) is 13.8. The summed E-state index contributed by atoms with van der Waals surface area (Å²) in [6.45, 7) is 3.60. The summed E-state index contributed by atoms with van der Waals surface area (Å²) in [6, 6.07) is 3.87. The molecule has 0 spiro atoms. The van der Waals surface area contributed by atoms with Gasteiger partial charge < -0.3 is 15.2 Å². The minimum absolute atomic E-state index is 0.0184. The van der Waals surface area contributed by atoms with Gasteiger partial charge in [-0.2, -0.15) is 0 Å². The maximum atomic E-state index is 13.2. The van der Waals surface area contributed by atoms with Crippen LogP contribution in [0.3, 0.4) is 0 Å². The molecule has 1 rings (SSSR count). The monoisotopic (exact) mass is 255 g/mol. The van der Waals surface area contributed by atoms with Gasteiger partial charge in [0.2, 0.25) is 0 Å². The molecule has 18 heavy (non-hydrogen) atoms. The van der Waals surface area contributed by atoms with Crippen molar-refractivity contribution in [2.24, 2.45) is 0 Å². The van der Waals surface area contributed by atoms with Crippen molar-refractivity contribution in [2.45, 2.75) is 25.9 Å². The van der Waals surface area contributed by atoms with Crippen molar-refractivity contribution in [1.29, 1.82) is 0 Å². The van der Waals surface area contributed by atoms with Crippen LogP contribution in [0.1, 0.15) is 30.6 Å². The first-order valence-corrected chi connectivity index (χ1v) is 5.73. The number of benzene rings is 1. The molecule has 0 fully saturated rings. The summed E-state index contributed by atoms with van der Waals surface area (Å²) in [6.07, 6.45) is 0.528. The third-order valence-electron chi connectivity index (χ3n) is 2.80. The van der Waals surface area contributed by atoms with Gasteiger partial charge in [-0.25, -0.2) is 4.39 Å². The average molecular weight is 255 g/mol. The van der Waals surface area contributed by atoms with E-state index in [1.807, 2.05) is 6.92 Å². The van der Waals surface area contributed by atoms with E-state index in [0.717, 1.165) is 0 Å². The molecule has 0 heterocycles. The van der Waals surface area contributed by atoms with E-state index in [2.05, 4.69) is 5.32 Å². The Morgan fingerprint density at radius 1 is 1.56 bits per heavy atom. The average Bonchev–Trinajstić information content (AvgIpc) is 2.36. The molecule has 0 aliphatic carbocycles. The Balaban J connectivity index is 2.73. The molecular weight excluding hydrogens is 237 g/mol. The third kappa shape index (κ3) is 3.70. The summed E-state index contributed by atoms with van der Waals surface area (Å²) >= 11 is 0. The molecule has 1 amide bonds. The third-order valence-corrected chi connectivity index (χ3v) is 2.80. The summed E-state index contributed by atoms with van der Waals surface area (Å²) in [5.41, 5.74) is -0.653. The Bertz CT molecular complexity index is 432. The summed E-state index contributed by atoms with van der Waals surface area (Å²) < 4.78 is 18.0. The van der Waals surface area contributed by atoms with Crippen LogP contribution < -0.4 is 10.1 Å². The summed E-state index contributed by atoms with van der Waals surface area (Å²) in [5.74, 6) is -0.874. The van der Waals surface area contributed by atoms with Crippen LogP contribution in [0.5, 0.6) is 5.75 Å². The predicted molar refractivity (Wildman–Crippen MR) is 66.2 cm³/mol. The van der Waals surface area contributed by atoms with Gasteiger partial charge >= 0.3 is 0 Å². The maximum absolute atomic E-state index is 13.2. The van der Waals surface area contributed by atoms with Crippen molar-refractivity contribution in [2.75, 3.05) is 13.7 Å². The van der Waals surface area contributed by atoms with E-state index in [-0.39, 0.29) is 18.2 Å². The van der Waals surface area contributed by atoms with Crippen molar-refractivity contribution in [3.8, 4) is 5.75 Å². The number of hydrogen-bond acceptors (Lipinski definition) is 3. The van der Waals surface area contributed by atoms with Crippen LogP contribution in [0.2, 0.25) is 0 Å². The van der Waals surface area contributed by atoms with Crippen molar-refractivity contribution >= 4 is 5.91 Å². The van der Waals surface area contributed by atoms with Gasteiger partial charge in [0.05, 0.1) is 12.7 Å². The van der Waals surface area contributed by atoms with Crippen LogP contribution in [0.25, 0.3) is 0 Å². The molecule has 5 heteroatoms. The number of methoxy groups -OCH3 is 1. The largest absolute Gasteiger partial charge is 0.494 e. The van der Waals surface area contributed by atoms with Crippen LogP contribution in [-0.2, 0) is 0 Å². The predicted octanol–water partition coefficient (Wildman–Crippen LogP) is 1.73. The molecule has 0 aromatic heterocycles. The van der Waals surface area contributed by atoms with Gasteiger partial charge in [0.15, 0.2) is 11.6 Å². The molecule has 1 atom stereocenters. The Hall–Kier alpha value is -1.62. The fourth-order valence-electron chi connectivity index (χ4n) is 1.30. The molecule has 100 valence electrons. The van der Waals surface area contributed by atoms with Gasteiger partial charge in [0, 0.05) is 12.1 Å². The molecule has 0 bridgehead atoms. The minimum Gasteiger partial charge on any atom is -0.494 e. The van der Waals surface area contributed by atoms with Crippen molar-refractivity contribution in [3.05, 3.63) is 29.6 Å². The van der Waals surface area contributed by atoms with Gasteiger partial charge in [0.1, 0.15) is 0 Å². The van der Waals surface area contributed by atoms with Crippen LogP contribution >= 0.6 is 0 Å². The van der Waals surface area contributed by atoms with Gasteiger partial charge in [-0.1, -0.05) is 6.92 Å². The van der Waals surface area contributed by atoms with E-state index in [0.29, 0.717) is 12.0 Å². The van der Waals surface area contributed by atoms with Gasteiger partial charge in [0.25, 0.3) is 5.91 Å². The van der Waals surface area contributed by atoms with Crippen LogP contribution in [-0.4, -0.2) is 30.3 Å². The van der Waals surface area contributed by atoms with Crippen LogP contribution in [0.15, 0.2) is 18.2 Å². The van der Waals surface area contributed by atoms with E-state index < -0.39 is 11.4 Å². The summed E-state index contributed by atoms with van der Waals surface area (Å²) in [4.78, 5) is 11.8. The van der Waals surface area contributed by atoms with E-state index >= 15 is 0 Å². The lowest BCUT2D eigenvalue weighted by molar-refractivity contribution is 0.0518. The molecule has 1 aromatic rings. The number of carbonyl (C=O) groups is 1. The first-order valence-electron chi connectivity index (χ1n) is 5.73. The van der Waals surface area contributed by atoms with Crippen LogP contribution in [0, 0.1) is 5.82 Å². The zero-order valence-electron chi connectivity index (χ0n) is 10.8. The van der Waals surface area contributed by atoms with Crippen molar-refractivity contribution in [1.82, 2.24) is 5.32 Å². The lowest BCUT2D eigenvalue weighted by atomic mass is 10.0. The van der Waals surface area contributed by atoms with E-state index in [1.54, 1.807) is 6.92 Å². The SMILES string of the molecule is CCC(C)(O)CNC(=O)c1ccc(F)c(OC)c1. The lowest BCUT2D eigenvalue weighted by Gasteiger charge is -2.21. The first kappa shape index (κ1) is 14.4. The zero-order valence-corrected chi connectivity index (χ0v) is 10.8. The molecule has 4 nitrogen and oxygen atoms in total. The van der Waals surface area contributed by atoms with E-state index in [9.17, 15) is 14.3 Å². The molecule has 1 unspecified atom stereocenters. The summed E-state index contributed by atoms with van der Waals surface area (Å²) in [7, 11) is 1.34. The Morgan fingerprint density at radius 2 is 2.22 bits per heavy atom. The minimum atomic E-state index is -0.945. The molecule has 0 saturated carbocycles. The molecule has 0 aliphatic rings. The normalized spacial score (nSPS) is 13.8. The number of rotatable bonds is 5. The van der Waals surface area contributed by atoms with Crippen molar-refractivity contribution in [3.63, 3.8) is 0 Å². The lowest BCUT2D eigenvalue weighted by Crippen LogP contribution is -2.40. The number of hydrogen-bond donors (Lipinski definition) is 2. The summed E-state index contributed by atoms with van der Waals surface area (Å²) in [5, 5.41) is 12.4. The molecule has 0 aliphatic heterocycles. The Kier molecular flexibility index (Phi) is 4.67. The topological polar surface area (TPSA) is 58.6 Å². The van der Waals surface area contributed by atoms with Crippen molar-refractivity contribution < 1.29 is 19.0 Å². The number of aliphatic hydroxyl groups is 1. The van der Waals surface area contributed by atoms with Gasteiger partial charge in [-0.05, 0) is 31.5 Å². The Morgan fingerprint density at radius 3 is 2.78 bits per heavy atom. The van der Waals surface area contributed by atoms with Gasteiger partial charge in [-0.15, -0.1) is 0 Å². The smallest absolute Gasteiger partial charge is 0.251 e. The molecule has 1 aromatic carbocycles. The fraction of sp³-hybridized carbons (Fsp3) is 0.462. The maximum Gasteiger partial charge on any atom is 0.251 e. The standard InChI is InChI=1S/C13H18FNO3/c1-4-13(2,17)8-15-12(16)9-5-6-10(14)11(7-9)18-3/h5-7,17H,4,8H2,1-3H3,(H,15,16). The molecule has 2 N–H and O–H groups in total. The Labute approximate surface area is 106 Å². The number of carbonyl (C=O) groups excluding carboxylic acids is 1. The highest BCUT2D eigenvalue weighted by atomic mass is 19.1.